The number of benzene rings is 2. The van der Waals surface area contributed by atoms with E-state index in [9.17, 15) is 0 Å². The molecule has 148 valence electrons. The minimum absolute atomic E-state index is 0.0924. The molecule has 4 aliphatic rings. The Kier molecular flexibility index (Phi) is 2.80. The van der Waals surface area contributed by atoms with Crippen LogP contribution < -0.4 is 15.2 Å². The Labute approximate surface area is 169 Å². The smallest absolute Gasteiger partial charge is 0.166 e. The maximum absolute atomic E-state index is 7.51. The van der Waals surface area contributed by atoms with Crippen LogP contribution in [0.3, 0.4) is 0 Å². The Balaban J connectivity index is 1.60. The summed E-state index contributed by atoms with van der Waals surface area (Å²) in [5, 5.41) is 1.28. The summed E-state index contributed by atoms with van der Waals surface area (Å²) in [7, 11) is 3.96. The third-order valence-corrected chi connectivity index (χ3v) is 8.36. The maximum Gasteiger partial charge on any atom is 0.166 e. The number of nitrogens with two attached hydrogens (primary N) is 1. The Morgan fingerprint density at radius 1 is 1.24 bits per heavy atom. The van der Waals surface area contributed by atoms with Gasteiger partial charge >= 0.3 is 0 Å². The first-order chi connectivity index (χ1) is 14.1. The Hall–Kier alpha value is -2.50. The largest absolute Gasteiger partial charge is 0.493 e. The zero-order valence-electron chi connectivity index (χ0n) is 16.8. The molecule has 1 spiro atoms. The molecule has 2 aliphatic heterocycles. The van der Waals surface area contributed by atoms with Gasteiger partial charge in [-0.25, -0.2) is 0 Å². The van der Waals surface area contributed by atoms with E-state index in [1.807, 2.05) is 0 Å². The Bertz CT molecular complexity index is 1200. The second kappa shape index (κ2) is 4.97. The third kappa shape index (κ3) is 1.61. The van der Waals surface area contributed by atoms with Gasteiger partial charge in [0.2, 0.25) is 0 Å². The molecule has 0 radical (unpaired) electrons. The molecule has 29 heavy (non-hydrogen) atoms. The fourth-order valence-electron chi connectivity index (χ4n) is 7.11. The number of para-hydroxylation sites is 1. The molecular formula is C24H25N3O2. The zero-order chi connectivity index (χ0) is 19.5. The van der Waals surface area contributed by atoms with Gasteiger partial charge in [-0.2, -0.15) is 0 Å². The van der Waals surface area contributed by atoms with Crippen molar-refractivity contribution in [1.82, 2.24) is 9.88 Å². The number of H-pyrrole nitrogens is 1. The van der Waals surface area contributed by atoms with Crippen LogP contribution in [0.15, 0.2) is 36.4 Å². The molecule has 3 heterocycles. The van der Waals surface area contributed by atoms with Crippen molar-refractivity contribution >= 4 is 10.9 Å². The number of aromatic amines is 1. The SMILES string of the molecule is COc1ccc2c3c1O[C@H]1c4[nH]c5ccccc5c4C[C@@]4(N)[C@H](C2)N(C)CC[C@]314. The summed E-state index contributed by atoms with van der Waals surface area (Å²) in [6.07, 6.45) is 2.75. The Morgan fingerprint density at radius 2 is 2.10 bits per heavy atom. The summed E-state index contributed by atoms with van der Waals surface area (Å²) >= 11 is 0. The number of piperidine rings is 1. The third-order valence-electron chi connectivity index (χ3n) is 8.36. The normalized spacial score (nSPS) is 33.9. The molecule has 3 N–H and O–H groups in total. The average Bonchev–Trinajstić information content (AvgIpc) is 3.26. The standard InChI is InChI=1S/C24H25N3O2/c1-27-10-9-23-19-13-7-8-17(28-2)21(19)29-22(23)20-15(12-24(23,25)18(27)11-13)14-5-3-4-6-16(14)26-20/h3-8,18,22,26H,9-12,25H2,1-2H3/t18-,22-,23-,24+/m0/s1. The van der Waals surface area contributed by atoms with Gasteiger partial charge in [-0.1, -0.05) is 24.3 Å². The molecule has 2 bridgehead atoms. The van der Waals surface area contributed by atoms with E-state index in [1.54, 1.807) is 7.11 Å². The van der Waals surface area contributed by atoms with Gasteiger partial charge in [-0.3, -0.25) is 0 Å². The highest BCUT2D eigenvalue weighted by Crippen LogP contribution is 2.68. The number of rotatable bonds is 1. The molecule has 0 amide bonds. The van der Waals surface area contributed by atoms with Crippen LogP contribution in [0.4, 0.5) is 0 Å². The topological polar surface area (TPSA) is 63.5 Å². The molecule has 1 fully saturated rings. The van der Waals surface area contributed by atoms with E-state index in [0.717, 1.165) is 37.3 Å². The number of nitrogens with one attached hydrogen (secondary N) is 1. The molecule has 1 saturated heterocycles. The maximum atomic E-state index is 7.51. The van der Waals surface area contributed by atoms with Crippen molar-refractivity contribution in [3.05, 3.63) is 58.8 Å². The summed E-state index contributed by atoms with van der Waals surface area (Å²) in [5.41, 5.74) is 13.3. The lowest BCUT2D eigenvalue weighted by Gasteiger charge is -2.63. The fourth-order valence-corrected chi connectivity index (χ4v) is 7.11. The number of aromatic nitrogens is 1. The molecule has 2 aliphatic carbocycles. The van der Waals surface area contributed by atoms with E-state index >= 15 is 0 Å². The van der Waals surface area contributed by atoms with Crippen molar-refractivity contribution in [1.29, 1.82) is 0 Å². The van der Waals surface area contributed by atoms with Gasteiger partial charge in [0.1, 0.15) is 0 Å². The first-order valence-electron chi connectivity index (χ1n) is 10.5. The summed E-state index contributed by atoms with van der Waals surface area (Å²) < 4.78 is 12.5. The average molecular weight is 387 g/mol. The van der Waals surface area contributed by atoms with Crippen LogP contribution in [-0.2, 0) is 18.3 Å². The van der Waals surface area contributed by atoms with Crippen molar-refractivity contribution in [2.75, 3.05) is 20.7 Å². The number of hydrogen-bond donors (Lipinski definition) is 2. The molecule has 0 saturated carbocycles. The minimum Gasteiger partial charge on any atom is -0.493 e. The van der Waals surface area contributed by atoms with E-state index in [1.165, 1.54) is 33.3 Å². The fraction of sp³-hybridized carbons (Fsp3) is 0.417. The Morgan fingerprint density at radius 3 is 2.97 bits per heavy atom. The molecule has 5 heteroatoms. The lowest BCUT2D eigenvalue weighted by atomic mass is 9.47. The second-order valence-corrected chi connectivity index (χ2v) is 9.33. The van der Waals surface area contributed by atoms with Gasteiger partial charge in [0.05, 0.1) is 18.2 Å². The van der Waals surface area contributed by atoms with Gasteiger partial charge < -0.3 is 25.1 Å². The van der Waals surface area contributed by atoms with Crippen LogP contribution in [0, 0.1) is 0 Å². The first kappa shape index (κ1) is 16.3. The summed E-state index contributed by atoms with van der Waals surface area (Å²) in [6.45, 7) is 1.04. The number of nitrogens with zero attached hydrogens (tertiary/aromatic N) is 1. The number of fused-ring (bicyclic) bond motifs is 4. The number of hydrogen-bond acceptors (Lipinski definition) is 4. The van der Waals surface area contributed by atoms with Crippen LogP contribution in [-0.4, -0.2) is 42.2 Å². The van der Waals surface area contributed by atoms with Crippen LogP contribution in [0.1, 0.15) is 34.9 Å². The second-order valence-electron chi connectivity index (χ2n) is 9.33. The number of likely N-dealkylation sites (tertiary alicyclic amines) is 1. The van der Waals surface area contributed by atoms with Gasteiger partial charge in [0.15, 0.2) is 17.6 Å². The van der Waals surface area contributed by atoms with E-state index in [2.05, 4.69) is 53.3 Å². The van der Waals surface area contributed by atoms with Crippen molar-refractivity contribution in [2.24, 2.45) is 5.73 Å². The summed E-state index contributed by atoms with van der Waals surface area (Å²) in [6, 6.07) is 13.2. The number of ether oxygens (including phenoxy) is 2. The first-order valence-corrected chi connectivity index (χ1v) is 10.5. The molecule has 7 rings (SSSR count). The quantitative estimate of drug-likeness (QED) is 0.674. The van der Waals surface area contributed by atoms with Crippen LogP contribution in [0.25, 0.3) is 10.9 Å². The van der Waals surface area contributed by atoms with Crippen molar-refractivity contribution < 1.29 is 9.47 Å². The molecule has 4 atom stereocenters. The van der Waals surface area contributed by atoms with Crippen LogP contribution in [0.2, 0.25) is 0 Å². The van der Waals surface area contributed by atoms with Gasteiger partial charge in [-0.05, 0) is 56.1 Å². The van der Waals surface area contributed by atoms with E-state index in [0.29, 0.717) is 6.04 Å². The minimum atomic E-state index is -0.368. The van der Waals surface area contributed by atoms with Gasteiger partial charge in [-0.15, -0.1) is 0 Å². The summed E-state index contributed by atoms with van der Waals surface area (Å²) in [4.78, 5) is 6.19. The molecule has 0 unspecified atom stereocenters. The highest BCUT2D eigenvalue weighted by Gasteiger charge is 2.71. The van der Waals surface area contributed by atoms with E-state index in [-0.39, 0.29) is 17.1 Å². The zero-order valence-corrected chi connectivity index (χ0v) is 16.8. The number of likely N-dealkylation sites (N-methyl/N-ethyl adjacent to an activating group) is 1. The van der Waals surface area contributed by atoms with E-state index in [4.69, 9.17) is 15.2 Å². The van der Waals surface area contributed by atoms with Crippen LogP contribution >= 0.6 is 0 Å². The predicted octanol–water partition coefficient (Wildman–Crippen LogP) is 3.06. The molecule has 1 aromatic heterocycles. The van der Waals surface area contributed by atoms with Crippen LogP contribution in [0.5, 0.6) is 11.5 Å². The van der Waals surface area contributed by atoms with E-state index < -0.39 is 0 Å². The van der Waals surface area contributed by atoms with Crippen molar-refractivity contribution in [3.63, 3.8) is 0 Å². The molecular weight excluding hydrogens is 362 g/mol. The van der Waals surface area contributed by atoms with Gasteiger partial charge in [0.25, 0.3) is 0 Å². The van der Waals surface area contributed by atoms with Crippen molar-refractivity contribution in [3.8, 4) is 11.5 Å². The van der Waals surface area contributed by atoms with Gasteiger partial charge in [0, 0.05) is 28.0 Å². The number of methoxy groups -OCH3 is 1. The molecule has 2 aromatic carbocycles. The lowest BCUT2D eigenvalue weighted by molar-refractivity contribution is -0.0453. The highest BCUT2D eigenvalue weighted by atomic mass is 16.5. The van der Waals surface area contributed by atoms with Crippen molar-refractivity contribution in [2.45, 2.75) is 42.4 Å². The highest BCUT2D eigenvalue weighted by molar-refractivity contribution is 5.86. The molecule has 5 nitrogen and oxygen atoms in total. The molecule has 3 aromatic rings. The summed E-state index contributed by atoms with van der Waals surface area (Å²) in [5.74, 6) is 1.74. The lowest BCUT2D eigenvalue weighted by Crippen LogP contribution is -2.78. The predicted molar refractivity (Wildman–Crippen MR) is 112 cm³/mol. The monoisotopic (exact) mass is 387 g/mol.